The van der Waals surface area contributed by atoms with Crippen molar-refractivity contribution < 1.29 is 9.63 Å². The predicted molar refractivity (Wildman–Crippen MR) is 108 cm³/mol. The van der Waals surface area contributed by atoms with E-state index in [1.54, 1.807) is 41.4 Å². The summed E-state index contributed by atoms with van der Waals surface area (Å²) in [4.78, 5) is 29.3. The van der Waals surface area contributed by atoms with E-state index in [-0.39, 0.29) is 11.6 Å². The topological polar surface area (TPSA) is 56.5 Å². The van der Waals surface area contributed by atoms with E-state index >= 15 is 0 Å². The molecule has 0 atom stereocenters. The second-order valence-electron chi connectivity index (χ2n) is 5.94. The third kappa shape index (κ3) is 5.59. The molecule has 2 aromatic rings. The van der Waals surface area contributed by atoms with Crippen molar-refractivity contribution >= 4 is 16.9 Å². The maximum absolute atomic E-state index is 12.3. The molecule has 0 saturated carbocycles. The molecule has 6 nitrogen and oxygen atoms in total. The Kier molecular flexibility index (Phi) is 10.3. The van der Waals surface area contributed by atoms with Crippen molar-refractivity contribution in [3.63, 3.8) is 0 Å². The minimum atomic E-state index is -0.247. The van der Waals surface area contributed by atoms with Gasteiger partial charge in [0.2, 0.25) is 0 Å². The van der Waals surface area contributed by atoms with Crippen LogP contribution in [0, 0.1) is 5.92 Å². The molecule has 0 spiro atoms. The Balaban J connectivity index is 0.00000113. The fraction of sp³-hybridized carbons (Fsp3) is 0.500. The third-order valence-electron chi connectivity index (χ3n) is 3.50. The first-order valence-electron chi connectivity index (χ1n) is 8.86. The number of allylic oxidation sites excluding steroid dienone is 1. The first kappa shape index (κ1) is 23.7. The van der Waals surface area contributed by atoms with Crippen molar-refractivity contribution in [2.75, 3.05) is 14.2 Å². The molecule has 0 saturated heterocycles. The van der Waals surface area contributed by atoms with Crippen LogP contribution in [0.15, 0.2) is 35.6 Å². The zero-order valence-corrected chi connectivity index (χ0v) is 17.4. The molecule has 0 unspecified atom stereocenters. The Labute approximate surface area is 156 Å². The maximum atomic E-state index is 12.3. The minimum Gasteiger partial charge on any atom is -0.295 e. The number of benzene rings is 1. The van der Waals surface area contributed by atoms with E-state index in [0.717, 1.165) is 16.1 Å². The number of imidazole rings is 1. The van der Waals surface area contributed by atoms with Crippen molar-refractivity contribution in [2.45, 2.75) is 41.2 Å². The van der Waals surface area contributed by atoms with Crippen molar-refractivity contribution in [3.8, 4) is 0 Å². The van der Waals surface area contributed by atoms with Gasteiger partial charge in [0.15, 0.2) is 0 Å². The predicted octanol–water partition coefficient (Wildman–Crippen LogP) is 3.85. The molecule has 0 aliphatic carbocycles. The minimum absolute atomic E-state index is 0.0663. The van der Waals surface area contributed by atoms with E-state index in [0.29, 0.717) is 18.0 Å². The van der Waals surface area contributed by atoms with Crippen LogP contribution in [0.2, 0.25) is 0 Å². The zero-order chi connectivity index (χ0) is 20.4. The molecule has 0 bridgehead atoms. The summed E-state index contributed by atoms with van der Waals surface area (Å²) < 4.78 is 3.32. The Morgan fingerprint density at radius 3 is 2.31 bits per heavy atom. The van der Waals surface area contributed by atoms with Crippen molar-refractivity contribution in [2.24, 2.45) is 13.0 Å². The first-order valence-corrected chi connectivity index (χ1v) is 8.86. The lowest BCUT2D eigenvalue weighted by atomic mass is 10.1. The fourth-order valence-corrected chi connectivity index (χ4v) is 2.35. The highest BCUT2D eigenvalue weighted by Gasteiger charge is 2.16. The van der Waals surface area contributed by atoms with Gasteiger partial charge in [-0.2, -0.15) is 0 Å². The van der Waals surface area contributed by atoms with E-state index in [1.807, 2.05) is 26.8 Å². The highest BCUT2D eigenvalue weighted by molar-refractivity contribution is 5.96. The lowest BCUT2D eigenvalue weighted by molar-refractivity contribution is -0.0756. The average Bonchev–Trinajstić information content (AvgIpc) is 2.87. The summed E-state index contributed by atoms with van der Waals surface area (Å²) in [7, 11) is 4.70. The molecule has 0 aliphatic heterocycles. The number of aromatic nitrogens is 2. The monoisotopic (exact) mass is 363 g/mol. The van der Waals surface area contributed by atoms with Crippen LogP contribution in [0.1, 0.15) is 45.0 Å². The molecule has 0 N–H and O–H groups in total. The van der Waals surface area contributed by atoms with Crippen LogP contribution >= 0.6 is 0 Å². The Morgan fingerprint density at radius 1 is 1.31 bits per heavy atom. The molecule has 6 heteroatoms. The van der Waals surface area contributed by atoms with E-state index in [1.165, 1.54) is 7.11 Å². The number of fused-ring (bicyclic) bond motifs is 1. The zero-order valence-electron chi connectivity index (χ0n) is 17.4. The second-order valence-corrected chi connectivity index (χ2v) is 5.94. The quantitative estimate of drug-likeness (QED) is 0.612. The molecule has 1 aromatic carbocycles. The number of nitrogens with zero attached hydrogens (tertiary/aromatic N) is 3. The van der Waals surface area contributed by atoms with Gasteiger partial charge in [0.05, 0.1) is 18.1 Å². The van der Waals surface area contributed by atoms with Gasteiger partial charge >= 0.3 is 5.69 Å². The second kappa shape index (κ2) is 11.3. The molecule has 0 fully saturated rings. The number of amides is 1. The van der Waals surface area contributed by atoms with Crippen molar-refractivity contribution in [1.29, 1.82) is 0 Å². The highest BCUT2D eigenvalue weighted by atomic mass is 16.7. The molecule has 26 heavy (non-hydrogen) atoms. The van der Waals surface area contributed by atoms with Crippen molar-refractivity contribution in [3.05, 3.63) is 46.9 Å². The summed E-state index contributed by atoms with van der Waals surface area (Å²) in [5.74, 6) is 0.123. The van der Waals surface area contributed by atoms with Crippen LogP contribution in [0.4, 0.5) is 0 Å². The SMILES string of the molecule is C=CC.CC.CON(C)C(=O)c1ccc2c(c1)n(C)c(=O)n2CC(C)C. The number of carbonyl (C=O) groups is 1. The van der Waals surface area contributed by atoms with Gasteiger partial charge in [0.1, 0.15) is 0 Å². The van der Waals surface area contributed by atoms with Crippen molar-refractivity contribution in [1.82, 2.24) is 14.2 Å². The Hall–Kier alpha value is -2.34. The largest absolute Gasteiger partial charge is 0.328 e. The number of hydrogen-bond donors (Lipinski definition) is 0. The molecule has 0 radical (unpaired) electrons. The fourth-order valence-electron chi connectivity index (χ4n) is 2.35. The molecule has 2 rings (SSSR count). The van der Waals surface area contributed by atoms with Gasteiger partial charge in [0, 0.05) is 26.2 Å². The molecule has 1 aromatic heterocycles. The Morgan fingerprint density at radius 2 is 1.85 bits per heavy atom. The van der Waals surface area contributed by atoms with Crippen LogP contribution < -0.4 is 5.69 Å². The summed E-state index contributed by atoms with van der Waals surface area (Å²) >= 11 is 0. The van der Waals surface area contributed by atoms with Gasteiger partial charge in [0.25, 0.3) is 5.91 Å². The number of aryl methyl sites for hydroxylation is 1. The molecule has 1 heterocycles. The molecular formula is C20H33N3O3. The van der Waals surface area contributed by atoms with Crippen LogP contribution in [0.3, 0.4) is 0 Å². The third-order valence-corrected chi connectivity index (χ3v) is 3.50. The summed E-state index contributed by atoms with van der Waals surface area (Å²) in [5, 5.41) is 1.16. The average molecular weight is 364 g/mol. The number of carbonyl (C=O) groups excluding carboxylic acids is 1. The van der Waals surface area contributed by atoms with Gasteiger partial charge in [-0.15, -0.1) is 6.58 Å². The van der Waals surface area contributed by atoms with Gasteiger partial charge in [-0.1, -0.05) is 33.8 Å². The molecular weight excluding hydrogens is 330 g/mol. The number of hydrogen-bond acceptors (Lipinski definition) is 3. The number of hydroxylamine groups is 2. The van der Waals surface area contributed by atoms with Gasteiger partial charge < -0.3 is 0 Å². The van der Waals surface area contributed by atoms with Crippen LogP contribution in [0.25, 0.3) is 11.0 Å². The van der Waals surface area contributed by atoms with Crippen LogP contribution in [-0.2, 0) is 18.4 Å². The summed E-state index contributed by atoms with van der Waals surface area (Å²) in [6.07, 6.45) is 1.75. The smallest absolute Gasteiger partial charge is 0.295 e. The molecule has 146 valence electrons. The lowest BCUT2D eigenvalue weighted by Crippen LogP contribution is -2.25. The maximum Gasteiger partial charge on any atom is 0.328 e. The van der Waals surface area contributed by atoms with E-state index in [4.69, 9.17) is 4.84 Å². The van der Waals surface area contributed by atoms with Gasteiger partial charge in [-0.3, -0.25) is 18.8 Å². The summed E-state index contributed by atoms with van der Waals surface area (Å²) in [6, 6.07) is 5.26. The van der Waals surface area contributed by atoms with E-state index in [2.05, 4.69) is 20.4 Å². The normalized spacial score (nSPS) is 9.88. The summed E-state index contributed by atoms with van der Waals surface area (Å²) in [5.41, 5.74) is 2.01. The van der Waals surface area contributed by atoms with Gasteiger partial charge in [-0.05, 0) is 31.0 Å². The lowest BCUT2D eigenvalue weighted by Gasteiger charge is -2.13. The van der Waals surface area contributed by atoms with E-state index in [9.17, 15) is 9.59 Å². The van der Waals surface area contributed by atoms with E-state index < -0.39 is 0 Å². The van der Waals surface area contributed by atoms with Crippen LogP contribution in [0.5, 0.6) is 0 Å². The Bertz CT molecular complexity index is 772. The highest BCUT2D eigenvalue weighted by Crippen LogP contribution is 2.17. The standard InChI is InChI=1S/C15H21N3O3.C3H6.C2H6/c1-10(2)9-18-12-7-6-11(14(19)17(4)21-5)8-13(12)16(3)15(18)20;1-3-2;1-2/h6-8,10H,9H2,1-5H3;3H,1H2,2H3;1-2H3. The molecule has 1 amide bonds. The number of rotatable bonds is 4. The molecule has 0 aliphatic rings. The van der Waals surface area contributed by atoms with Gasteiger partial charge in [-0.25, -0.2) is 9.86 Å². The van der Waals surface area contributed by atoms with Crippen LogP contribution in [-0.4, -0.2) is 34.3 Å². The summed E-state index contributed by atoms with van der Waals surface area (Å²) in [6.45, 7) is 14.0. The first-order chi connectivity index (χ1) is 12.3.